The lowest BCUT2D eigenvalue weighted by molar-refractivity contribution is 0.911. The molecule has 0 saturated heterocycles. The molecular weight excluding hydrogens is 150 g/mol. The molecule has 0 aliphatic carbocycles. The Morgan fingerprint density at radius 2 is 2.00 bits per heavy atom. The Bertz CT molecular complexity index is 317. The summed E-state index contributed by atoms with van der Waals surface area (Å²) in [4.78, 5) is 4.15. The van der Waals surface area contributed by atoms with Crippen LogP contribution in [0.5, 0.6) is 0 Å². The highest BCUT2D eigenvalue weighted by Gasteiger charge is 2.04. The normalized spacial score (nSPS) is 15.5. The van der Waals surface area contributed by atoms with E-state index < -0.39 is 0 Å². The van der Waals surface area contributed by atoms with Gasteiger partial charge in [0.05, 0.1) is 6.54 Å². The van der Waals surface area contributed by atoms with Gasteiger partial charge in [-0.2, -0.15) is 0 Å². The van der Waals surface area contributed by atoms with Crippen molar-refractivity contribution in [2.24, 2.45) is 10.7 Å². The number of guanidine groups is 1. The Hall–Kier alpha value is -1.51. The summed E-state index contributed by atoms with van der Waals surface area (Å²) in [6.07, 6.45) is 0. The molecule has 0 bridgehead atoms. The number of nitrogens with two attached hydrogens (primary N) is 1. The number of fused-ring (bicyclic) bond motifs is 1. The van der Waals surface area contributed by atoms with Gasteiger partial charge in [-0.3, -0.25) is 0 Å². The van der Waals surface area contributed by atoms with Crippen molar-refractivity contribution in [3.63, 3.8) is 0 Å². The quantitative estimate of drug-likeness (QED) is 0.585. The highest BCUT2D eigenvalue weighted by molar-refractivity contribution is 5.78. The third kappa shape index (κ3) is 1.25. The van der Waals surface area contributed by atoms with Crippen molar-refractivity contribution in [1.29, 1.82) is 0 Å². The minimum atomic E-state index is 0.534. The second-order valence-corrected chi connectivity index (χ2v) is 2.82. The van der Waals surface area contributed by atoms with E-state index in [0.717, 1.165) is 6.54 Å². The zero-order valence-corrected chi connectivity index (χ0v) is 6.75. The molecule has 2 rings (SSSR count). The lowest BCUT2D eigenvalue weighted by Crippen LogP contribution is -2.29. The molecule has 0 atom stereocenters. The standard InChI is InChI=1S/C9H11N3/c10-9-11-5-7-3-1-2-4-8(7)6-12-9/h1-4H,5-6H2,(H3,10,11,12). The molecule has 0 fully saturated rings. The molecule has 1 aromatic rings. The Morgan fingerprint density at radius 3 is 2.83 bits per heavy atom. The number of benzene rings is 1. The van der Waals surface area contributed by atoms with Crippen LogP contribution in [0.1, 0.15) is 11.1 Å². The SMILES string of the molecule is NC1=NCc2ccccc2CN1. The maximum atomic E-state index is 5.55. The van der Waals surface area contributed by atoms with Gasteiger partial charge in [-0.15, -0.1) is 0 Å². The summed E-state index contributed by atoms with van der Waals surface area (Å²) in [5.41, 5.74) is 8.09. The molecule has 1 aliphatic rings. The molecule has 0 saturated carbocycles. The van der Waals surface area contributed by atoms with Crippen LogP contribution in [0.15, 0.2) is 29.3 Å². The largest absolute Gasteiger partial charge is 0.370 e. The van der Waals surface area contributed by atoms with Gasteiger partial charge >= 0.3 is 0 Å². The Balaban J connectivity index is 2.35. The fourth-order valence-corrected chi connectivity index (χ4v) is 1.30. The van der Waals surface area contributed by atoms with Gasteiger partial charge < -0.3 is 11.1 Å². The molecule has 1 heterocycles. The number of nitrogens with one attached hydrogen (secondary N) is 1. The number of hydrogen-bond acceptors (Lipinski definition) is 3. The number of nitrogens with zero attached hydrogens (tertiary/aromatic N) is 1. The first-order valence-corrected chi connectivity index (χ1v) is 3.97. The molecule has 0 amide bonds. The number of hydrogen-bond donors (Lipinski definition) is 2. The number of aliphatic imine (C=N–C) groups is 1. The van der Waals surface area contributed by atoms with Crippen molar-refractivity contribution in [1.82, 2.24) is 5.32 Å². The topological polar surface area (TPSA) is 50.4 Å². The van der Waals surface area contributed by atoms with Gasteiger partial charge in [0.15, 0.2) is 5.96 Å². The van der Waals surface area contributed by atoms with Crippen LogP contribution in [0.4, 0.5) is 0 Å². The van der Waals surface area contributed by atoms with Crippen LogP contribution < -0.4 is 11.1 Å². The van der Waals surface area contributed by atoms with Crippen LogP contribution in [-0.2, 0) is 13.1 Å². The molecule has 0 unspecified atom stereocenters. The first-order valence-electron chi connectivity index (χ1n) is 3.97. The van der Waals surface area contributed by atoms with Gasteiger partial charge in [-0.1, -0.05) is 24.3 Å². The van der Waals surface area contributed by atoms with Crippen LogP contribution in [0.25, 0.3) is 0 Å². The average Bonchev–Trinajstić information content (AvgIpc) is 2.29. The summed E-state index contributed by atoms with van der Waals surface area (Å²) in [5, 5.41) is 3.03. The predicted octanol–water partition coefficient (Wildman–Crippen LogP) is 0.604. The molecule has 1 aliphatic heterocycles. The zero-order valence-electron chi connectivity index (χ0n) is 6.75. The third-order valence-corrected chi connectivity index (χ3v) is 2.00. The minimum Gasteiger partial charge on any atom is -0.370 e. The smallest absolute Gasteiger partial charge is 0.189 e. The summed E-state index contributed by atoms with van der Waals surface area (Å²) in [6.45, 7) is 1.47. The van der Waals surface area contributed by atoms with Crippen LogP contribution >= 0.6 is 0 Å². The Labute approximate surface area is 71.3 Å². The van der Waals surface area contributed by atoms with Crippen molar-refractivity contribution in [2.45, 2.75) is 13.1 Å². The van der Waals surface area contributed by atoms with Gasteiger partial charge in [0.1, 0.15) is 0 Å². The van der Waals surface area contributed by atoms with E-state index in [1.54, 1.807) is 0 Å². The van der Waals surface area contributed by atoms with Crippen LogP contribution in [-0.4, -0.2) is 5.96 Å². The molecule has 3 heteroatoms. The maximum Gasteiger partial charge on any atom is 0.189 e. The van der Waals surface area contributed by atoms with E-state index in [4.69, 9.17) is 5.73 Å². The van der Waals surface area contributed by atoms with Crippen molar-refractivity contribution in [3.8, 4) is 0 Å². The summed E-state index contributed by atoms with van der Waals surface area (Å²) in [5.74, 6) is 0.534. The molecule has 0 aromatic heterocycles. The van der Waals surface area contributed by atoms with Crippen molar-refractivity contribution < 1.29 is 0 Å². The second kappa shape index (κ2) is 2.85. The van der Waals surface area contributed by atoms with Gasteiger partial charge in [-0.25, -0.2) is 4.99 Å². The number of rotatable bonds is 0. The van der Waals surface area contributed by atoms with Crippen molar-refractivity contribution in [3.05, 3.63) is 35.4 Å². The summed E-state index contributed by atoms with van der Waals surface area (Å²) < 4.78 is 0. The van der Waals surface area contributed by atoms with E-state index in [1.807, 2.05) is 12.1 Å². The van der Waals surface area contributed by atoms with E-state index >= 15 is 0 Å². The maximum absolute atomic E-state index is 5.55. The van der Waals surface area contributed by atoms with Crippen molar-refractivity contribution >= 4 is 5.96 Å². The summed E-state index contributed by atoms with van der Waals surface area (Å²) in [6, 6.07) is 8.23. The van der Waals surface area contributed by atoms with Crippen LogP contribution in [0.2, 0.25) is 0 Å². The van der Waals surface area contributed by atoms with Gasteiger partial charge in [-0.05, 0) is 11.1 Å². The fraction of sp³-hybridized carbons (Fsp3) is 0.222. The molecular formula is C9H11N3. The second-order valence-electron chi connectivity index (χ2n) is 2.82. The zero-order chi connectivity index (χ0) is 8.39. The highest BCUT2D eigenvalue weighted by Crippen LogP contribution is 2.11. The monoisotopic (exact) mass is 161 g/mol. The first kappa shape index (κ1) is 7.16. The van der Waals surface area contributed by atoms with Gasteiger partial charge in [0.2, 0.25) is 0 Å². The first-order chi connectivity index (χ1) is 5.86. The van der Waals surface area contributed by atoms with Gasteiger partial charge in [0.25, 0.3) is 0 Å². The lowest BCUT2D eigenvalue weighted by Gasteiger charge is -2.03. The van der Waals surface area contributed by atoms with Crippen molar-refractivity contribution in [2.75, 3.05) is 0 Å². The molecule has 3 nitrogen and oxygen atoms in total. The molecule has 12 heavy (non-hydrogen) atoms. The predicted molar refractivity (Wildman–Crippen MR) is 48.6 cm³/mol. The summed E-state index contributed by atoms with van der Waals surface area (Å²) in [7, 11) is 0. The van der Waals surface area contributed by atoms with E-state index in [0.29, 0.717) is 12.5 Å². The Morgan fingerprint density at radius 1 is 1.25 bits per heavy atom. The molecule has 1 aromatic carbocycles. The summed E-state index contributed by atoms with van der Waals surface area (Å²) >= 11 is 0. The van der Waals surface area contributed by atoms with E-state index in [1.165, 1.54) is 11.1 Å². The Kier molecular flexibility index (Phi) is 1.70. The fourth-order valence-electron chi connectivity index (χ4n) is 1.30. The third-order valence-electron chi connectivity index (χ3n) is 2.00. The van der Waals surface area contributed by atoms with Crippen LogP contribution in [0.3, 0.4) is 0 Å². The minimum absolute atomic E-state index is 0.534. The molecule has 0 spiro atoms. The lowest BCUT2D eigenvalue weighted by atomic mass is 10.1. The van der Waals surface area contributed by atoms with E-state index in [9.17, 15) is 0 Å². The van der Waals surface area contributed by atoms with E-state index in [-0.39, 0.29) is 0 Å². The molecule has 3 N–H and O–H groups in total. The van der Waals surface area contributed by atoms with Gasteiger partial charge in [0, 0.05) is 6.54 Å². The molecule has 62 valence electrons. The highest BCUT2D eigenvalue weighted by atomic mass is 15.1. The molecule has 0 radical (unpaired) electrons. The van der Waals surface area contributed by atoms with E-state index in [2.05, 4.69) is 22.4 Å². The van der Waals surface area contributed by atoms with Crippen LogP contribution in [0, 0.1) is 0 Å². The average molecular weight is 161 g/mol.